The lowest BCUT2D eigenvalue weighted by molar-refractivity contribution is 1.07. The van der Waals surface area contributed by atoms with Crippen molar-refractivity contribution < 1.29 is 0 Å². The zero-order valence-electron chi connectivity index (χ0n) is 60.6. The van der Waals surface area contributed by atoms with Crippen molar-refractivity contribution in [3.63, 3.8) is 0 Å². The van der Waals surface area contributed by atoms with Gasteiger partial charge in [-0.05, 0) is 102 Å². The Morgan fingerprint density at radius 2 is 0.330 bits per heavy atom. The third-order valence-corrected chi connectivity index (χ3v) is 20.3. The van der Waals surface area contributed by atoms with Crippen LogP contribution in [0.2, 0.25) is 0 Å². The zero-order valence-corrected chi connectivity index (χ0v) is 60.6. The van der Waals surface area contributed by atoms with Gasteiger partial charge in [0.2, 0.25) is 0 Å². The molecule has 10 heteroatoms. The molecule has 16 aromatic carbocycles. The number of rotatable bonds is 14. The number of fused-ring (bicyclic) bond motifs is 6. The number of hydrogen-bond acceptors (Lipinski definition) is 10. The molecule has 4 heterocycles. The lowest BCUT2D eigenvalue weighted by atomic mass is 9.98. The smallest absolute Gasteiger partial charge is 0.164 e. The van der Waals surface area contributed by atoms with E-state index in [-0.39, 0.29) is 0 Å². The summed E-state index contributed by atoms with van der Waals surface area (Å²) >= 11 is 0. The van der Waals surface area contributed by atoms with Gasteiger partial charge in [-0.25, -0.2) is 49.8 Å². The number of hydrogen-bond donors (Lipinski definition) is 0. The van der Waals surface area contributed by atoms with Gasteiger partial charge in [-0.3, -0.25) is 0 Å². The monoisotopic (exact) mass is 1430 g/mol. The van der Waals surface area contributed by atoms with E-state index < -0.39 is 0 Å². The Morgan fingerprint density at radius 3 is 0.696 bits per heavy atom. The largest absolute Gasteiger partial charge is 0.228 e. The molecule has 0 spiro atoms. The van der Waals surface area contributed by atoms with Crippen molar-refractivity contribution in [1.29, 1.82) is 0 Å². The van der Waals surface area contributed by atoms with E-state index in [9.17, 15) is 0 Å². The maximum atomic E-state index is 5.12. The van der Waals surface area contributed by atoms with Gasteiger partial charge in [-0.15, -0.1) is 0 Å². The van der Waals surface area contributed by atoms with Crippen LogP contribution in [0.5, 0.6) is 0 Å². The van der Waals surface area contributed by atoms with E-state index in [2.05, 4.69) is 243 Å². The molecule has 0 amide bonds. The Morgan fingerprint density at radius 1 is 0.107 bits per heavy atom. The third-order valence-electron chi connectivity index (χ3n) is 20.3. The molecule has 524 valence electrons. The standard InChI is InChI=1S/2C51H33N5/c1-4-14-36(15-5-1)48-52-46(33-47(53-48)43-29-30-45-41(32-43)28-25-35-13-10-11-22-44(35)45)42-21-12-20-40(31-42)34-23-26-39(27-24-34)51-55-49(37-16-6-2-7-17-37)54-50(56-51)38-18-8-3-9-19-38;1-4-14-36(15-5-1)46-33-47(53-48(52-46)37-16-6-2-7-17-37)42-21-12-20-40(31-42)34-23-26-39(27-24-34)50-54-49(38-18-8-3-9-19-38)55-51(56-50)43-29-30-45-41(32-43)28-25-35-13-10-11-22-44(35)45/h2*1-33H. The molecule has 112 heavy (non-hydrogen) atoms. The number of aromatic nitrogens is 10. The fourth-order valence-corrected chi connectivity index (χ4v) is 14.5. The summed E-state index contributed by atoms with van der Waals surface area (Å²) in [5.41, 5.74) is 19.5. The Balaban J connectivity index is 0.000000151. The topological polar surface area (TPSA) is 129 Å². The summed E-state index contributed by atoms with van der Waals surface area (Å²) in [6, 6.07) is 138. The highest BCUT2D eigenvalue weighted by atomic mass is 15.0. The van der Waals surface area contributed by atoms with Gasteiger partial charge in [0.15, 0.2) is 46.6 Å². The summed E-state index contributed by atoms with van der Waals surface area (Å²) in [5.74, 6) is 5.18. The van der Waals surface area contributed by atoms with Crippen molar-refractivity contribution in [3.05, 3.63) is 400 Å². The van der Waals surface area contributed by atoms with Gasteiger partial charge in [-0.2, -0.15) is 0 Å². The van der Waals surface area contributed by atoms with Crippen molar-refractivity contribution in [3.8, 4) is 158 Å². The molecule has 0 unspecified atom stereocenters. The quantitative estimate of drug-likeness (QED) is 0.0971. The summed E-state index contributed by atoms with van der Waals surface area (Å²) < 4.78 is 0. The first-order valence-corrected chi connectivity index (χ1v) is 37.3. The van der Waals surface area contributed by atoms with Crippen molar-refractivity contribution in [2.75, 3.05) is 0 Å². The fourth-order valence-electron chi connectivity index (χ4n) is 14.5. The first kappa shape index (κ1) is 67.4. The predicted octanol–water partition coefficient (Wildman–Crippen LogP) is 25.3. The molecule has 0 radical (unpaired) electrons. The minimum atomic E-state index is 0.621. The lowest BCUT2D eigenvalue weighted by Crippen LogP contribution is -2.00. The molecule has 0 aliphatic carbocycles. The van der Waals surface area contributed by atoms with E-state index in [1.54, 1.807) is 0 Å². The average Bonchev–Trinajstić information content (AvgIpc) is 0.790. The molecule has 10 nitrogen and oxygen atoms in total. The molecule has 0 saturated heterocycles. The number of benzene rings is 16. The first-order chi connectivity index (χ1) is 55.4. The van der Waals surface area contributed by atoms with E-state index in [1.807, 2.05) is 158 Å². The van der Waals surface area contributed by atoms with Gasteiger partial charge in [-0.1, -0.05) is 364 Å². The van der Waals surface area contributed by atoms with Crippen molar-refractivity contribution in [1.82, 2.24) is 49.8 Å². The molecule has 0 atom stereocenters. The zero-order chi connectivity index (χ0) is 74.5. The van der Waals surface area contributed by atoms with Crippen LogP contribution in [0.15, 0.2) is 400 Å². The van der Waals surface area contributed by atoms with Crippen LogP contribution in [0, 0.1) is 0 Å². The van der Waals surface area contributed by atoms with E-state index in [4.69, 9.17) is 49.8 Å². The second kappa shape index (κ2) is 30.2. The normalized spacial score (nSPS) is 11.2. The van der Waals surface area contributed by atoms with Crippen LogP contribution in [0.25, 0.3) is 201 Å². The molecule has 0 aliphatic rings. The fraction of sp³-hybridized carbons (Fsp3) is 0. The molecule has 20 rings (SSSR count). The Kier molecular flexibility index (Phi) is 18.1. The third kappa shape index (κ3) is 14.1. The maximum Gasteiger partial charge on any atom is 0.164 e. The van der Waals surface area contributed by atoms with Crippen molar-refractivity contribution in [2.45, 2.75) is 0 Å². The van der Waals surface area contributed by atoms with Crippen LogP contribution in [0.3, 0.4) is 0 Å². The molecule has 0 saturated carbocycles. The van der Waals surface area contributed by atoms with E-state index >= 15 is 0 Å². The van der Waals surface area contributed by atoms with Gasteiger partial charge < -0.3 is 0 Å². The summed E-state index contributed by atoms with van der Waals surface area (Å²) in [6.07, 6.45) is 0. The predicted molar refractivity (Wildman–Crippen MR) is 457 cm³/mol. The van der Waals surface area contributed by atoms with Crippen LogP contribution >= 0.6 is 0 Å². The minimum absolute atomic E-state index is 0.621. The molecular weight excluding hydrogens is 1370 g/mol. The molecule has 0 aliphatic heterocycles. The minimum Gasteiger partial charge on any atom is -0.228 e. The van der Waals surface area contributed by atoms with E-state index in [1.165, 1.54) is 37.7 Å². The van der Waals surface area contributed by atoms with Crippen molar-refractivity contribution in [2.24, 2.45) is 0 Å². The maximum absolute atomic E-state index is 5.12. The second-order valence-corrected chi connectivity index (χ2v) is 27.5. The van der Waals surface area contributed by atoms with Crippen LogP contribution in [-0.2, 0) is 0 Å². The molecule has 0 N–H and O–H groups in total. The molecule has 0 fully saturated rings. The van der Waals surface area contributed by atoms with Gasteiger partial charge in [0.25, 0.3) is 0 Å². The van der Waals surface area contributed by atoms with Crippen LogP contribution < -0.4 is 0 Å². The Hall–Kier alpha value is -15.3. The van der Waals surface area contributed by atoms with E-state index in [0.29, 0.717) is 46.6 Å². The SMILES string of the molecule is c1ccc(-c2cc(-c3cccc(-c4ccc(-c5nc(-c6ccccc6)nc(-c6ccc7c(ccc8ccccc87)c6)n5)cc4)c3)nc(-c3ccccc3)n2)cc1.c1ccc(-c2nc(-c3cccc(-c4ccc(-c5nc(-c6ccccc6)nc(-c6ccccc6)n5)cc4)c3)cc(-c3ccc4c(ccc5ccccc54)c3)n2)cc1. The lowest BCUT2D eigenvalue weighted by Gasteiger charge is -2.12. The van der Waals surface area contributed by atoms with Crippen LogP contribution in [0.1, 0.15) is 0 Å². The summed E-state index contributed by atoms with van der Waals surface area (Å²) in [7, 11) is 0. The Labute approximate surface area is 647 Å². The Bertz CT molecular complexity index is 6720. The average molecular weight is 1430 g/mol. The van der Waals surface area contributed by atoms with Crippen molar-refractivity contribution >= 4 is 43.1 Å². The molecule has 20 aromatic rings. The highest BCUT2D eigenvalue weighted by molar-refractivity contribution is 6.09. The van der Waals surface area contributed by atoms with Crippen LogP contribution in [-0.4, -0.2) is 49.8 Å². The number of nitrogens with zero attached hydrogens (tertiary/aromatic N) is 10. The highest BCUT2D eigenvalue weighted by Gasteiger charge is 2.19. The summed E-state index contributed by atoms with van der Waals surface area (Å²) in [6.45, 7) is 0. The van der Waals surface area contributed by atoms with Gasteiger partial charge >= 0.3 is 0 Å². The highest BCUT2D eigenvalue weighted by Crippen LogP contribution is 2.38. The molecule has 4 aromatic heterocycles. The summed E-state index contributed by atoms with van der Waals surface area (Å²) in [4.78, 5) is 50.0. The van der Waals surface area contributed by atoms with Gasteiger partial charge in [0, 0.05) is 66.8 Å². The van der Waals surface area contributed by atoms with Crippen LogP contribution in [0.4, 0.5) is 0 Å². The van der Waals surface area contributed by atoms with Gasteiger partial charge in [0.1, 0.15) is 0 Å². The van der Waals surface area contributed by atoms with Gasteiger partial charge in [0.05, 0.1) is 22.8 Å². The molecular formula is C102H66N10. The second-order valence-electron chi connectivity index (χ2n) is 27.5. The molecule has 0 bridgehead atoms. The first-order valence-electron chi connectivity index (χ1n) is 37.3. The van der Waals surface area contributed by atoms with E-state index in [0.717, 1.165) is 117 Å². The summed E-state index contributed by atoms with van der Waals surface area (Å²) in [5, 5.41) is 9.69.